The monoisotopic (exact) mass is 378 g/mol. The number of carboxylic acids is 1. The number of likely N-dealkylation sites (tertiary alicyclic amines) is 1. The smallest absolute Gasteiger partial charge is 0.410 e. The molecule has 1 aromatic rings. The minimum atomic E-state index is -1.25. The van der Waals surface area contributed by atoms with Gasteiger partial charge in [-0.3, -0.25) is 4.79 Å². The molecule has 0 radical (unpaired) electrons. The number of aromatic carboxylic acids is 1. The van der Waals surface area contributed by atoms with Crippen LogP contribution in [0.25, 0.3) is 0 Å². The van der Waals surface area contributed by atoms with Gasteiger partial charge in [-0.1, -0.05) is 0 Å². The van der Waals surface area contributed by atoms with Crippen LogP contribution >= 0.6 is 0 Å². The summed E-state index contributed by atoms with van der Waals surface area (Å²) in [4.78, 5) is 39.3. The summed E-state index contributed by atoms with van der Waals surface area (Å²) in [6, 6.07) is 2.28. The first-order chi connectivity index (χ1) is 12.5. The quantitative estimate of drug-likeness (QED) is 0.812. The highest BCUT2D eigenvalue weighted by atomic mass is 19.1. The zero-order valence-electron chi connectivity index (χ0n) is 15.8. The molecule has 1 saturated heterocycles. The predicted octanol–water partition coefficient (Wildman–Crippen LogP) is 2.77. The molecule has 1 N–H and O–H groups in total. The van der Waals surface area contributed by atoms with Gasteiger partial charge in [-0.15, -0.1) is 0 Å². The van der Waals surface area contributed by atoms with Crippen LogP contribution in [0.4, 0.5) is 14.9 Å². The number of carbonyl (C=O) groups excluding carboxylic acids is 2. The first kappa shape index (κ1) is 19.1. The van der Waals surface area contributed by atoms with Gasteiger partial charge in [0, 0.05) is 25.7 Å². The van der Waals surface area contributed by atoms with Crippen molar-refractivity contribution in [2.24, 2.45) is 0 Å². The number of rotatable bonds is 1. The third kappa shape index (κ3) is 3.13. The first-order valence-corrected chi connectivity index (χ1v) is 8.80. The van der Waals surface area contributed by atoms with Crippen molar-refractivity contribution in [2.75, 3.05) is 25.0 Å². The highest BCUT2D eigenvalue weighted by molar-refractivity contribution is 6.09. The molecule has 0 unspecified atom stereocenters. The van der Waals surface area contributed by atoms with E-state index in [1.165, 1.54) is 22.9 Å². The lowest BCUT2D eigenvalue weighted by molar-refractivity contribution is -0.124. The van der Waals surface area contributed by atoms with E-state index in [1.54, 1.807) is 20.8 Å². The molecule has 3 rings (SSSR count). The van der Waals surface area contributed by atoms with Crippen LogP contribution in [0.5, 0.6) is 0 Å². The number of fused-ring (bicyclic) bond motifs is 2. The van der Waals surface area contributed by atoms with Gasteiger partial charge < -0.3 is 19.6 Å². The molecule has 2 amide bonds. The largest absolute Gasteiger partial charge is 0.478 e. The van der Waals surface area contributed by atoms with Gasteiger partial charge in [0.05, 0.1) is 16.7 Å². The molecule has 7 nitrogen and oxygen atoms in total. The molecule has 1 fully saturated rings. The van der Waals surface area contributed by atoms with Crippen molar-refractivity contribution in [3.63, 3.8) is 0 Å². The molecule has 0 atom stereocenters. The number of hydrogen-bond donors (Lipinski definition) is 1. The maximum absolute atomic E-state index is 14.8. The minimum absolute atomic E-state index is 0.200. The van der Waals surface area contributed by atoms with Crippen molar-refractivity contribution in [1.82, 2.24) is 4.90 Å². The van der Waals surface area contributed by atoms with Crippen molar-refractivity contribution in [1.29, 1.82) is 0 Å². The number of amides is 2. The maximum atomic E-state index is 14.8. The van der Waals surface area contributed by atoms with Crippen LogP contribution in [0, 0.1) is 5.82 Å². The van der Waals surface area contributed by atoms with E-state index in [9.17, 15) is 18.8 Å². The molecule has 0 aliphatic carbocycles. The van der Waals surface area contributed by atoms with Gasteiger partial charge in [0.2, 0.25) is 5.91 Å². The van der Waals surface area contributed by atoms with E-state index in [0.29, 0.717) is 0 Å². The second-order valence-electron chi connectivity index (χ2n) is 8.07. The van der Waals surface area contributed by atoms with E-state index in [4.69, 9.17) is 9.84 Å². The summed E-state index contributed by atoms with van der Waals surface area (Å²) in [5.41, 5.74) is -1.40. The second kappa shape index (κ2) is 6.21. The summed E-state index contributed by atoms with van der Waals surface area (Å²) in [5, 5.41) is 9.15. The molecule has 0 bridgehead atoms. The molecule has 0 saturated carbocycles. The Bertz CT molecular complexity index is 822. The Morgan fingerprint density at radius 1 is 1.22 bits per heavy atom. The average molecular weight is 378 g/mol. The summed E-state index contributed by atoms with van der Waals surface area (Å²) in [6.45, 7) is 5.84. The number of nitrogens with zero attached hydrogens (tertiary/aromatic N) is 2. The van der Waals surface area contributed by atoms with E-state index >= 15 is 0 Å². The highest BCUT2D eigenvalue weighted by Gasteiger charge is 2.53. The van der Waals surface area contributed by atoms with Gasteiger partial charge in [0.1, 0.15) is 11.4 Å². The molecule has 146 valence electrons. The normalized spacial score (nSPS) is 18.6. The van der Waals surface area contributed by atoms with Crippen molar-refractivity contribution in [3.8, 4) is 0 Å². The second-order valence-corrected chi connectivity index (χ2v) is 8.07. The Kier molecular flexibility index (Phi) is 4.40. The third-order valence-corrected chi connectivity index (χ3v) is 5.14. The van der Waals surface area contributed by atoms with Gasteiger partial charge >= 0.3 is 12.1 Å². The number of piperidine rings is 1. The van der Waals surface area contributed by atoms with Crippen LogP contribution in [0.1, 0.15) is 49.5 Å². The van der Waals surface area contributed by atoms with Crippen LogP contribution in [0.3, 0.4) is 0 Å². The van der Waals surface area contributed by atoms with Crippen molar-refractivity contribution in [2.45, 2.75) is 44.6 Å². The molecule has 2 heterocycles. The molecule has 8 heteroatoms. The van der Waals surface area contributed by atoms with Gasteiger partial charge in [-0.25, -0.2) is 14.0 Å². The maximum Gasteiger partial charge on any atom is 0.410 e. The third-order valence-electron chi connectivity index (χ3n) is 5.14. The van der Waals surface area contributed by atoms with Crippen molar-refractivity contribution < 1.29 is 28.6 Å². The fourth-order valence-corrected chi connectivity index (χ4v) is 3.85. The van der Waals surface area contributed by atoms with Crippen LogP contribution in [-0.4, -0.2) is 53.7 Å². The zero-order valence-corrected chi connectivity index (χ0v) is 15.8. The van der Waals surface area contributed by atoms with Gasteiger partial charge in [0.15, 0.2) is 0 Å². The summed E-state index contributed by atoms with van der Waals surface area (Å²) in [5.74, 6) is -2.23. The number of benzene rings is 1. The number of hydrogen-bond acceptors (Lipinski definition) is 4. The Morgan fingerprint density at radius 3 is 2.33 bits per heavy atom. The molecule has 2 aliphatic heterocycles. The van der Waals surface area contributed by atoms with Crippen LogP contribution in [-0.2, 0) is 14.9 Å². The van der Waals surface area contributed by atoms with E-state index in [1.807, 2.05) is 0 Å². The molecule has 2 aliphatic rings. The summed E-state index contributed by atoms with van der Waals surface area (Å²) >= 11 is 0. The lowest BCUT2D eigenvalue weighted by Gasteiger charge is -2.38. The van der Waals surface area contributed by atoms with E-state index in [-0.39, 0.29) is 48.7 Å². The van der Waals surface area contributed by atoms with Crippen LogP contribution < -0.4 is 4.90 Å². The van der Waals surface area contributed by atoms with Crippen molar-refractivity contribution >= 4 is 23.7 Å². The fourth-order valence-electron chi connectivity index (χ4n) is 3.85. The highest BCUT2D eigenvalue weighted by Crippen LogP contribution is 2.49. The first-order valence-electron chi connectivity index (χ1n) is 8.80. The molecule has 1 spiro atoms. The minimum Gasteiger partial charge on any atom is -0.478 e. The zero-order chi connectivity index (χ0) is 20.1. The fraction of sp³-hybridized carbons (Fsp3) is 0.526. The Hall–Kier alpha value is -2.64. The van der Waals surface area contributed by atoms with Gasteiger partial charge in [0.25, 0.3) is 0 Å². The lowest BCUT2D eigenvalue weighted by atomic mass is 9.73. The van der Waals surface area contributed by atoms with Crippen LogP contribution in [0.15, 0.2) is 12.1 Å². The summed E-state index contributed by atoms with van der Waals surface area (Å²) in [6.07, 6.45) is 0.0513. The van der Waals surface area contributed by atoms with E-state index < -0.39 is 28.9 Å². The molecular formula is C19H23FN2O5. The Morgan fingerprint density at radius 2 is 1.81 bits per heavy atom. The standard InChI is InChI=1S/C19H23FN2O5/c1-18(2,3)27-17(26)22-7-5-19(6-8-22)14-12(20)9-11(15(23)24)10-13(14)21(4)16(19)25/h9-10H,5-8H2,1-4H3,(H,23,24). The number of halogens is 1. The Balaban J connectivity index is 1.90. The van der Waals surface area contributed by atoms with E-state index in [0.717, 1.165) is 6.07 Å². The van der Waals surface area contributed by atoms with Gasteiger partial charge in [-0.2, -0.15) is 0 Å². The molecule has 1 aromatic carbocycles. The van der Waals surface area contributed by atoms with Gasteiger partial charge in [-0.05, 0) is 45.7 Å². The summed E-state index contributed by atoms with van der Waals surface area (Å²) in [7, 11) is 1.52. The van der Waals surface area contributed by atoms with Crippen LogP contribution in [0.2, 0.25) is 0 Å². The number of ether oxygens (including phenoxy) is 1. The molecule has 0 aromatic heterocycles. The predicted molar refractivity (Wildman–Crippen MR) is 95.5 cm³/mol. The van der Waals surface area contributed by atoms with E-state index in [2.05, 4.69) is 0 Å². The topological polar surface area (TPSA) is 87.2 Å². The number of carboxylic acid groups (broad SMARTS) is 1. The van der Waals surface area contributed by atoms with Crippen molar-refractivity contribution in [3.05, 3.63) is 29.1 Å². The average Bonchev–Trinajstić information content (AvgIpc) is 2.77. The molecule has 27 heavy (non-hydrogen) atoms. The summed E-state index contributed by atoms with van der Waals surface area (Å²) < 4.78 is 20.2. The number of anilines is 1. The number of likely N-dealkylation sites (N-methyl/N-ethyl adjacent to an activating group) is 1. The number of carbonyl (C=O) groups is 3. The Labute approximate surface area is 156 Å². The lowest BCUT2D eigenvalue weighted by Crippen LogP contribution is -2.50. The SMILES string of the molecule is CN1C(=O)C2(CCN(C(=O)OC(C)(C)C)CC2)c2c(F)cc(C(=O)O)cc21. The molecular weight excluding hydrogens is 355 g/mol.